The third-order valence-corrected chi connectivity index (χ3v) is 18.5. The van der Waals surface area contributed by atoms with Crippen LogP contribution < -0.4 is 21.3 Å². The molecule has 8 aromatic carbocycles. The molecule has 0 saturated heterocycles. The third kappa shape index (κ3) is 16.3. The molecule has 0 unspecified atom stereocenters. The Bertz CT molecular complexity index is 5210. The van der Waals surface area contributed by atoms with E-state index >= 15 is 0 Å². The fraction of sp³-hybridized carbons (Fsp3) is 0.129. The van der Waals surface area contributed by atoms with Crippen molar-refractivity contribution in [2.24, 2.45) is 0 Å². The van der Waals surface area contributed by atoms with Crippen LogP contribution in [-0.2, 0) is 26.2 Å². The minimum atomic E-state index is -0.293. The summed E-state index contributed by atoms with van der Waals surface area (Å²) in [7, 11) is 0. The number of aryl methyl sites for hydroxylation is 7. The Kier molecular flexibility index (Phi) is 20.8. The fourth-order valence-corrected chi connectivity index (χ4v) is 12.9. The van der Waals surface area contributed by atoms with Gasteiger partial charge in [-0.2, -0.15) is 0 Å². The quantitative estimate of drug-likeness (QED) is 0.0628. The summed E-state index contributed by atoms with van der Waals surface area (Å²) in [5, 5.41) is 21.5. The largest absolute Gasteiger partial charge is 0.459 e. The predicted octanol–water partition coefficient (Wildman–Crippen LogP) is 19.3. The average Bonchev–Trinajstić information content (AvgIpc) is 1.67. The van der Waals surface area contributed by atoms with Crippen LogP contribution in [0.3, 0.4) is 0 Å². The molecule has 0 spiro atoms. The number of rotatable bonds is 16. The maximum Gasteiger partial charge on any atom is 0.294 e. The van der Waals surface area contributed by atoms with Crippen molar-refractivity contribution in [1.82, 2.24) is 33.4 Å². The number of H-pyrrole nitrogens is 1. The van der Waals surface area contributed by atoms with E-state index < -0.39 is 0 Å². The van der Waals surface area contributed by atoms with Gasteiger partial charge in [-0.1, -0.05) is 197 Å². The standard InChI is InChI=1S/C22H21N3O.C22H20N2O2.C21H19N3O2.C20H17N3OS/c1-15-7-9-17(10-8-15)13-25-14-19(18-5-3-4-6-20(18)25)24-22(26)21-16(2)11-12-23-21;1-15-7-9-17(10-8-15)13-24-14-19(18-5-3-4-6-20(18)24)23-22(25)21-16(2)11-12-26-21;1-14-7-9-16(10-8-14)12-24-13-18(17-5-3-4-6-19(17)24)23-21(25)20-15(2)11-22-26-20;1-14-6-8-15(9-7-14)10-23-11-17(16-4-2-3-5-19(16)23)22-20(24)18-12-25-13-21-18/h3-12,14,23H,13H2,1-2H3,(H,24,26);3-12,14H,13H2,1-2H3,(H,23,25);3-11,13H,12H2,1-2H3,(H,23,25);2-9,11-13H,10H2,1H3,(H,22,24). The van der Waals surface area contributed by atoms with Gasteiger partial charge in [0.1, 0.15) is 11.4 Å². The van der Waals surface area contributed by atoms with Crippen LogP contribution in [-0.4, -0.2) is 57.0 Å². The lowest BCUT2D eigenvalue weighted by molar-refractivity contribution is 0.0982. The van der Waals surface area contributed by atoms with E-state index in [1.807, 2.05) is 117 Å². The van der Waals surface area contributed by atoms with E-state index in [2.05, 4.69) is 204 Å². The molecule has 0 fully saturated rings. The highest BCUT2D eigenvalue weighted by Gasteiger charge is 2.21. The Morgan fingerprint density at radius 3 is 1.08 bits per heavy atom. The van der Waals surface area contributed by atoms with E-state index in [0.717, 1.165) is 104 Å². The number of nitrogens with zero attached hydrogens (tertiary/aromatic N) is 6. The number of fused-ring (bicyclic) bond motifs is 4. The van der Waals surface area contributed by atoms with E-state index in [4.69, 9.17) is 8.94 Å². The summed E-state index contributed by atoms with van der Waals surface area (Å²) in [6.07, 6.45) is 12.8. The second-order valence-electron chi connectivity index (χ2n) is 25.7. The average molecular weight is 1380 g/mol. The maximum absolute atomic E-state index is 12.6. The van der Waals surface area contributed by atoms with Crippen molar-refractivity contribution in [1.29, 1.82) is 0 Å². The van der Waals surface area contributed by atoms with Crippen LogP contribution in [0.2, 0.25) is 0 Å². The monoisotopic (exact) mass is 1380 g/mol. The zero-order valence-electron chi connectivity index (χ0n) is 58.2. The molecule has 0 saturated carbocycles. The molecule has 4 amide bonds. The molecule has 103 heavy (non-hydrogen) atoms. The molecular weight excluding hydrogens is 1300 g/mol. The second kappa shape index (κ2) is 31.2. The lowest BCUT2D eigenvalue weighted by Crippen LogP contribution is -2.13. The van der Waals surface area contributed by atoms with Gasteiger partial charge in [0.15, 0.2) is 5.76 Å². The molecule has 0 radical (unpaired) electrons. The van der Waals surface area contributed by atoms with Crippen molar-refractivity contribution >= 4 is 101 Å². The molecule has 514 valence electrons. The first-order valence-electron chi connectivity index (χ1n) is 33.8. The van der Waals surface area contributed by atoms with E-state index in [1.165, 1.54) is 68.3 Å². The van der Waals surface area contributed by atoms with E-state index in [9.17, 15) is 19.2 Å². The number of furan rings is 1. The lowest BCUT2D eigenvalue weighted by Gasteiger charge is -2.06. The number of carbonyl (C=O) groups excluding carboxylic acids is 4. The number of hydrogen-bond acceptors (Lipinski definition) is 9. The number of carbonyl (C=O) groups is 4. The molecule has 0 aliphatic heterocycles. The summed E-state index contributed by atoms with van der Waals surface area (Å²) < 4.78 is 19.0. The number of anilines is 4. The van der Waals surface area contributed by atoms with Crippen LogP contribution in [0.5, 0.6) is 0 Å². The molecule has 0 aliphatic rings. The molecule has 16 rings (SSSR count). The van der Waals surface area contributed by atoms with Gasteiger partial charge in [0.2, 0.25) is 5.76 Å². The first kappa shape index (κ1) is 68.7. The maximum atomic E-state index is 12.6. The van der Waals surface area contributed by atoms with Gasteiger partial charge in [0.05, 0.1) is 62.8 Å². The number of hydrogen-bond donors (Lipinski definition) is 5. The predicted molar refractivity (Wildman–Crippen MR) is 413 cm³/mol. The fourth-order valence-electron chi connectivity index (χ4n) is 12.3. The minimum absolute atomic E-state index is 0.120. The highest BCUT2D eigenvalue weighted by Crippen LogP contribution is 2.32. The molecule has 8 heterocycles. The summed E-state index contributed by atoms with van der Waals surface area (Å²) in [5.41, 5.74) is 22.6. The Balaban J connectivity index is 0.000000122. The Morgan fingerprint density at radius 1 is 0.398 bits per heavy atom. The zero-order chi connectivity index (χ0) is 71.5. The van der Waals surface area contributed by atoms with Crippen molar-refractivity contribution in [3.05, 3.63) is 345 Å². The van der Waals surface area contributed by atoms with E-state index in [0.29, 0.717) is 22.7 Å². The van der Waals surface area contributed by atoms with Crippen LogP contribution in [0.15, 0.2) is 270 Å². The number of aromatic nitrogens is 7. The van der Waals surface area contributed by atoms with Crippen LogP contribution in [0.1, 0.15) is 103 Å². The molecular formula is C85H77N11O6S. The van der Waals surface area contributed by atoms with Crippen molar-refractivity contribution in [2.75, 3.05) is 21.3 Å². The Morgan fingerprint density at radius 2 is 0.757 bits per heavy atom. The zero-order valence-corrected chi connectivity index (χ0v) is 59.0. The molecule has 5 N–H and O–H groups in total. The number of thiazole rings is 1. The minimum Gasteiger partial charge on any atom is -0.459 e. The second-order valence-corrected chi connectivity index (χ2v) is 26.4. The molecule has 17 nitrogen and oxygen atoms in total. The van der Waals surface area contributed by atoms with Gasteiger partial charge in [0, 0.05) is 95.2 Å². The summed E-state index contributed by atoms with van der Waals surface area (Å²) in [4.78, 5) is 57.0. The number of benzene rings is 8. The number of para-hydroxylation sites is 4. The van der Waals surface area contributed by atoms with Crippen molar-refractivity contribution in [2.45, 2.75) is 74.6 Å². The normalized spacial score (nSPS) is 11.0. The first-order valence-corrected chi connectivity index (χ1v) is 34.8. The number of nitrogens with one attached hydrogen (secondary N) is 5. The van der Waals surface area contributed by atoms with Crippen molar-refractivity contribution < 1.29 is 28.1 Å². The molecule has 8 aromatic heterocycles. The first-order chi connectivity index (χ1) is 50.0. The Hall–Kier alpha value is -12.8. The summed E-state index contributed by atoms with van der Waals surface area (Å²) in [6, 6.07) is 70.0. The summed E-state index contributed by atoms with van der Waals surface area (Å²) in [6.45, 7) is 16.9. The lowest BCUT2D eigenvalue weighted by atomic mass is 10.1. The van der Waals surface area contributed by atoms with Crippen LogP contribution in [0.25, 0.3) is 43.6 Å². The van der Waals surface area contributed by atoms with Gasteiger partial charge < -0.3 is 53.5 Å². The van der Waals surface area contributed by atoms with Gasteiger partial charge >= 0.3 is 0 Å². The molecule has 0 bridgehead atoms. The smallest absolute Gasteiger partial charge is 0.294 e. The molecule has 18 heteroatoms. The SMILES string of the molecule is Cc1ccc(Cn2cc(NC(=O)c3[nH]ccc3C)c3ccccc32)cc1.Cc1ccc(Cn2cc(NC(=O)c3cscn3)c3ccccc32)cc1.Cc1ccc(Cn2cc(NC(=O)c3occc3C)c3ccccc32)cc1.Cc1ccc(Cn2cc(NC(=O)c3oncc3C)c3ccccc32)cc1. The van der Waals surface area contributed by atoms with E-state index in [-0.39, 0.29) is 29.4 Å². The van der Waals surface area contributed by atoms with E-state index in [1.54, 1.807) is 30.1 Å². The van der Waals surface area contributed by atoms with Gasteiger partial charge in [-0.15, -0.1) is 11.3 Å². The molecule has 0 atom stereocenters. The third-order valence-electron chi connectivity index (χ3n) is 17.9. The topological polar surface area (TPSA) is 204 Å². The van der Waals surface area contributed by atoms with Gasteiger partial charge in [-0.25, -0.2) is 4.98 Å². The number of amides is 4. The van der Waals surface area contributed by atoms with Gasteiger partial charge in [-0.3, -0.25) is 19.2 Å². The van der Waals surface area contributed by atoms with Gasteiger partial charge in [0.25, 0.3) is 23.6 Å². The highest BCUT2D eigenvalue weighted by molar-refractivity contribution is 7.07. The summed E-state index contributed by atoms with van der Waals surface area (Å²) in [5.74, 6) is -0.241. The summed E-state index contributed by atoms with van der Waals surface area (Å²) >= 11 is 1.41. The Labute approximate surface area is 600 Å². The van der Waals surface area contributed by atoms with Crippen LogP contribution in [0, 0.1) is 48.5 Å². The van der Waals surface area contributed by atoms with Crippen LogP contribution >= 0.6 is 11.3 Å². The van der Waals surface area contributed by atoms with Gasteiger partial charge in [-0.05, 0) is 113 Å². The molecule has 16 aromatic rings. The van der Waals surface area contributed by atoms with Crippen LogP contribution in [0.4, 0.5) is 22.7 Å². The van der Waals surface area contributed by atoms with Crippen molar-refractivity contribution in [3.63, 3.8) is 0 Å². The molecule has 0 aliphatic carbocycles. The number of aromatic amines is 1. The van der Waals surface area contributed by atoms with Crippen molar-refractivity contribution in [3.8, 4) is 0 Å². The highest BCUT2D eigenvalue weighted by atomic mass is 32.1.